The van der Waals surface area contributed by atoms with Gasteiger partial charge in [0.2, 0.25) is 0 Å². The fraction of sp³-hybridized carbons (Fsp3) is 0.368. The first-order chi connectivity index (χ1) is 10.7. The van der Waals surface area contributed by atoms with Crippen LogP contribution in [0.3, 0.4) is 0 Å². The minimum absolute atomic E-state index is 0.407. The number of likely N-dealkylation sites (N-methyl/N-ethyl adjacent to an activating group) is 1. The molecule has 0 heterocycles. The fourth-order valence-corrected chi connectivity index (χ4v) is 2.83. The Balaban J connectivity index is 2.10. The zero-order chi connectivity index (χ0) is 15.9. The van der Waals surface area contributed by atoms with E-state index < -0.39 is 0 Å². The topological polar surface area (TPSA) is 38.5 Å². The van der Waals surface area contributed by atoms with Crippen molar-refractivity contribution in [3.05, 3.63) is 54.1 Å². The van der Waals surface area contributed by atoms with Crippen LogP contribution in [-0.2, 0) is 6.42 Å². The molecule has 0 aromatic heterocycles. The third-order valence-electron chi connectivity index (χ3n) is 3.87. The quantitative estimate of drug-likeness (QED) is 0.781. The van der Waals surface area contributed by atoms with Crippen LogP contribution >= 0.6 is 0 Å². The molecule has 0 saturated carbocycles. The highest BCUT2D eigenvalue weighted by molar-refractivity contribution is 5.55. The molecule has 3 heteroatoms. The number of nitrogens with two attached hydrogens (primary N) is 1. The van der Waals surface area contributed by atoms with Crippen molar-refractivity contribution in [2.24, 2.45) is 0 Å². The lowest BCUT2D eigenvalue weighted by molar-refractivity contribution is 0.342. The van der Waals surface area contributed by atoms with E-state index in [4.69, 9.17) is 10.5 Å². The van der Waals surface area contributed by atoms with E-state index in [-0.39, 0.29) is 0 Å². The number of ether oxygens (including phenoxy) is 1. The van der Waals surface area contributed by atoms with Crippen LogP contribution in [0.5, 0.6) is 5.75 Å². The van der Waals surface area contributed by atoms with E-state index >= 15 is 0 Å². The highest BCUT2D eigenvalue weighted by Gasteiger charge is 2.14. The smallest absolute Gasteiger partial charge is 0.142 e. The molecule has 2 aromatic rings. The highest BCUT2D eigenvalue weighted by atomic mass is 16.5. The third kappa shape index (κ3) is 3.94. The van der Waals surface area contributed by atoms with Gasteiger partial charge in [0.25, 0.3) is 0 Å². The highest BCUT2D eigenvalue weighted by Crippen LogP contribution is 2.25. The Morgan fingerprint density at radius 1 is 1.09 bits per heavy atom. The average molecular weight is 298 g/mol. The van der Waals surface area contributed by atoms with Gasteiger partial charge in [-0.2, -0.15) is 0 Å². The number of nitrogens with zero attached hydrogens (tertiary/aromatic N) is 1. The molecule has 2 rings (SSSR count). The van der Waals surface area contributed by atoms with E-state index in [1.165, 1.54) is 11.3 Å². The van der Waals surface area contributed by atoms with Crippen LogP contribution in [0.25, 0.3) is 0 Å². The molecule has 1 atom stereocenters. The first-order valence-corrected chi connectivity index (χ1v) is 7.98. The van der Waals surface area contributed by atoms with E-state index in [0.29, 0.717) is 18.3 Å². The second-order valence-electron chi connectivity index (χ2n) is 5.48. The SMILES string of the molecule is CCOc1ccc(CC(C)N(CC)c2ccccc2)cc1N. The van der Waals surface area contributed by atoms with Gasteiger partial charge in [0.15, 0.2) is 0 Å². The second-order valence-corrected chi connectivity index (χ2v) is 5.48. The third-order valence-corrected chi connectivity index (χ3v) is 3.87. The molecule has 0 aliphatic heterocycles. The number of anilines is 2. The summed E-state index contributed by atoms with van der Waals surface area (Å²) < 4.78 is 5.50. The molecule has 2 aromatic carbocycles. The normalized spacial score (nSPS) is 12.0. The monoisotopic (exact) mass is 298 g/mol. The maximum absolute atomic E-state index is 6.06. The van der Waals surface area contributed by atoms with E-state index in [9.17, 15) is 0 Å². The van der Waals surface area contributed by atoms with Crippen molar-refractivity contribution in [1.82, 2.24) is 0 Å². The Bertz CT molecular complexity index is 583. The van der Waals surface area contributed by atoms with Crippen LogP contribution in [0.15, 0.2) is 48.5 Å². The average Bonchev–Trinajstić information content (AvgIpc) is 2.52. The molecule has 2 N–H and O–H groups in total. The molecule has 0 aliphatic rings. The molecule has 0 amide bonds. The van der Waals surface area contributed by atoms with Crippen molar-refractivity contribution in [3.63, 3.8) is 0 Å². The van der Waals surface area contributed by atoms with Crippen molar-refractivity contribution in [1.29, 1.82) is 0 Å². The second kappa shape index (κ2) is 7.74. The molecular weight excluding hydrogens is 272 g/mol. The van der Waals surface area contributed by atoms with E-state index in [1.807, 2.05) is 19.1 Å². The zero-order valence-corrected chi connectivity index (χ0v) is 13.8. The van der Waals surface area contributed by atoms with Crippen molar-refractivity contribution in [3.8, 4) is 5.75 Å². The van der Waals surface area contributed by atoms with Gasteiger partial charge in [-0.1, -0.05) is 24.3 Å². The first kappa shape index (κ1) is 16.2. The van der Waals surface area contributed by atoms with Gasteiger partial charge in [-0.15, -0.1) is 0 Å². The summed E-state index contributed by atoms with van der Waals surface area (Å²) in [7, 11) is 0. The standard InChI is InChI=1S/C19H26N2O/c1-4-21(17-9-7-6-8-10-17)15(3)13-16-11-12-19(22-5-2)18(20)14-16/h6-12,14-15H,4-5,13,20H2,1-3H3. The van der Waals surface area contributed by atoms with Crippen LogP contribution in [0.1, 0.15) is 26.3 Å². The summed E-state index contributed by atoms with van der Waals surface area (Å²) >= 11 is 0. The van der Waals surface area contributed by atoms with Crippen LogP contribution in [-0.4, -0.2) is 19.2 Å². The van der Waals surface area contributed by atoms with Crippen LogP contribution in [0.2, 0.25) is 0 Å². The molecule has 0 spiro atoms. The van der Waals surface area contributed by atoms with Crippen molar-refractivity contribution >= 4 is 11.4 Å². The van der Waals surface area contributed by atoms with Crippen LogP contribution in [0.4, 0.5) is 11.4 Å². The molecule has 22 heavy (non-hydrogen) atoms. The van der Waals surface area contributed by atoms with Gasteiger partial charge in [0.05, 0.1) is 12.3 Å². The summed E-state index contributed by atoms with van der Waals surface area (Å²) in [5.74, 6) is 0.773. The van der Waals surface area contributed by atoms with E-state index in [1.54, 1.807) is 0 Å². The summed E-state index contributed by atoms with van der Waals surface area (Å²) in [4.78, 5) is 2.41. The number of benzene rings is 2. The lowest BCUT2D eigenvalue weighted by Gasteiger charge is -2.30. The molecule has 0 bridgehead atoms. The fourth-order valence-electron chi connectivity index (χ4n) is 2.83. The number of hydrogen-bond donors (Lipinski definition) is 1. The molecule has 1 unspecified atom stereocenters. The van der Waals surface area contributed by atoms with Gasteiger partial charge in [0.1, 0.15) is 5.75 Å². The Labute approximate surface area is 133 Å². The lowest BCUT2D eigenvalue weighted by atomic mass is 10.0. The van der Waals surface area contributed by atoms with Crippen LogP contribution in [0, 0.1) is 0 Å². The number of para-hydroxylation sites is 1. The van der Waals surface area contributed by atoms with Gasteiger partial charge in [-0.25, -0.2) is 0 Å². The summed E-state index contributed by atoms with van der Waals surface area (Å²) in [6.07, 6.45) is 0.958. The summed E-state index contributed by atoms with van der Waals surface area (Å²) in [6.45, 7) is 8.03. The van der Waals surface area contributed by atoms with Crippen molar-refractivity contribution in [2.75, 3.05) is 23.8 Å². The molecule has 0 radical (unpaired) electrons. The Kier molecular flexibility index (Phi) is 5.70. The minimum Gasteiger partial charge on any atom is -0.492 e. The predicted octanol–water partition coefficient (Wildman–Crippen LogP) is 4.13. The van der Waals surface area contributed by atoms with Gasteiger partial charge < -0.3 is 15.4 Å². The predicted molar refractivity (Wildman–Crippen MR) is 94.7 cm³/mol. The molecular formula is C19H26N2O. The van der Waals surface area contributed by atoms with E-state index in [0.717, 1.165) is 18.7 Å². The Hall–Kier alpha value is -2.16. The minimum atomic E-state index is 0.407. The van der Waals surface area contributed by atoms with Gasteiger partial charge in [-0.3, -0.25) is 0 Å². The molecule has 0 aliphatic carbocycles. The van der Waals surface area contributed by atoms with Crippen LogP contribution < -0.4 is 15.4 Å². The molecule has 0 fully saturated rings. The van der Waals surface area contributed by atoms with Crippen molar-refractivity contribution < 1.29 is 4.74 Å². The Morgan fingerprint density at radius 3 is 2.41 bits per heavy atom. The lowest BCUT2D eigenvalue weighted by Crippen LogP contribution is -2.34. The molecule has 118 valence electrons. The number of hydrogen-bond acceptors (Lipinski definition) is 3. The van der Waals surface area contributed by atoms with E-state index in [2.05, 4.69) is 55.1 Å². The first-order valence-electron chi connectivity index (χ1n) is 7.98. The summed E-state index contributed by atoms with van der Waals surface area (Å²) in [5, 5.41) is 0. The van der Waals surface area contributed by atoms with Crippen molar-refractivity contribution in [2.45, 2.75) is 33.2 Å². The molecule has 0 saturated heterocycles. The largest absolute Gasteiger partial charge is 0.492 e. The zero-order valence-electron chi connectivity index (χ0n) is 13.8. The van der Waals surface area contributed by atoms with Gasteiger partial charge >= 0.3 is 0 Å². The maximum atomic E-state index is 6.06. The summed E-state index contributed by atoms with van der Waals surface area (Å²) in [6, 6.07) is 17.1. The number of rotatable bonds is 7. The Morgan fingerprint density at radius 2 is 1.82 bits per heavy atom. The van der Waals surface area contributed by atoms with Gasteiger partial charge in [0, 0.05) is 18.3 Å². The maximum Gasteiger partial charge on any atom is 0.142 e. The number of nitrogen functional groups attached to an aromatic ring is 1. The van der Waals surface area contributed by atoms with Gasteiger partial charge in [-0.05, 0) is 57.0 Å². The summed E-state index contributed by atoms with van der Waals surface area (Å²) in [5.41, 5.74) is 9.28. The molecule has 3 nitrogen and oxygen atoms in total.